The largest absolute Gasteiger partial charge is 0.480 e. The minimum atomic E-state index is -1.16. The fourth-order valence-electron chi connectivity index (χ4n) is 0.893. The van der Waals surface area contributed by atoms with Gasteiger partial charge in [-0.25, -0.2) is 15.5 Å². The Labute approximate surface area is 93.8 Å². The van der Waals surface area contributed by atoms with Gasteiger partial charge in [0.1, 0.15) is 11.6 Å². The van der Waals surface area contributed by atoms with Crippen molar-refractivity contribution < 1.29 is 24.3 Å². The second-order valence-electron chi connectivity index (χ2n) is 4.20. The van der Waals surface area contributed by atoms with Gasteiger partial charge in [-0.3, -0.25) is 0 Å². The van der Waals surface area contributed by atoms with E-state index >= 15 is 0 Å². The molecule has 0 aromatic rings. The minimum absolute atomic E-state index is 0.0345. The van der Waals surface area contributed by atoms with Gasteiger partial charge in [-0.1, -0.05) is 0 Å². The van der Waals surface area contributed by atoms with Crippen molar-refractivity contribution in [3.63, 3.8) is 0 Å². The third kappa shape index (κ3) is 7.02. The lowest BCUT2D eigenvalue weighted by molar-refractivity contribution is -0.140. The van der Waals surface area contributed by atoms with Crippen LogP contribution in [0.4, 0.5) is 4.79 Å². The van der Waals surface area contributed by atoms with Crippen molar-refractivity contribution in [2.24, 2.45) is 5.90 Å². The zero-order chi connectivity index (χ0) is 12.8. The van der Waals surface area contributed by atoms with Gasteiger partial charge in [-0.2, -0.15) is 0 Å². The number of alkyl carbamates (subject to hydrolysis) is 1. The monoisotopic (exact) mass is 234 g/mol. The molecule has 0 aromatic heterocycles. The van der Waals surface area contributed by atoms with Gasteiger partial charge in [0.05, 0.1) is 6.61 Å². The van der Waals surface area contributed by atoms with Gasteiger partial charge in [0.15, 0.2) is 0 Å². The fourth-order valence-corrected chi connectivity index (χ4v) is 0.893. The van der Waals surface area contributed by atoms with Gasteiger partial charge in [0, 0.05) is 6.42 Å². The van der Waals surface area contributed by atoms with Gasteiger partial charge < -0.3 is 20.0 Å². The van der Waals surface area contributed by atoms with Gasteiger partial charge in [0.25, 0.3) is 0 Å². The number of carbonyl (C=O) groups is 2. The summed E-state index contributed by atoms with van der Waals surface area (Å²) < 4.78 is 4.91. The van der Waals surface area contributed by atoms with Gasteiger partial charge in [-0.05, 0) is 20.8 Å². The average Bonchev–Trinajstić information content (AvgIpc) is 2.08. The molecule has 1 amide bonds. The van der Waals surface area contributed by atoms with Crippen molar-refractivity contribution in [3.8, 4) is 0 Å². The maximum absolute atomic E-state index is 11.3. The van der Waals surface area contributed by atoms with E-state index in [4.69, 9.17) is 15.7 Å². The second-order valence-corrected chi connectivity index (χ2v) is 4.20. The van der Waals surface area contributed by atoms with Crippen molar-refractivity contribution >= 4 is 12.1 Å². The molecule has 0 bridgehead atoms. The molecule has 0 aliphatic rings. The number of carboxylic acids is 1. The number of ether oxygens (including phenoxy) is 1. The molecule has 4 N–H and O–H groups in total. The minimum Gasteiger partial charge on any atom is -0.480 e. The first-order chi connectivity index (χ1) is 7.26. The van der Waals surface area contributed by atoms with Gasteiger partial charge >= 0.3 is 12.1 Å². The Hall–Kier alpha value is -1.34. The van der Waals surface area contributed by atoms with Crippen LogP contribution < -0.4 is 11.2 Å². The molecule has 7 nitrogen and oxygen atoms in total. The van der Waals surface area contributed by atoms with Gasteiger partial charge in [-0.15, -0.1) is 0 Å². The summed E-state index contributed by atoms with van der Waals surface area (Å²) in [6, 6.07) is -1.07. The maximum Gasteiger partial charge on any atom is 0.408 e. The molecule has 0 aliphatic heterocycles. The number of amides is 1. The number of aliphatic carboxylic acids is 1. The number of carbonyl (C=O) groups excluding carboxylic acids is 1. The Morgan fingerprint density at radius 1 is 1.44 bits per heavy atom. The molecule has 0 saturated carbocycles. The lowest BCUT2D eigenvalue weighted by Crippen LogP contribution is -2.44. The van der Waals surface area contributed by atoms with E-state index in [0.29, 0.717) is 0 Å². The lowest BCUT2D eigenvalue weighted by atomic mass is 10.2. The molecule has 1 atom stereocenters. The Morgan fingerprint density at radius 3 is 2.38 bits per heavy atom. The first-order valence-electron chi connectivity index (χ1n) is 4.80. The van der Waals surface area contributed by atoms with Crippen LogP contribution >= 0.6 is 0 Å². The zero-order valence-corrected chi connectivity index (χ0v) is 9.65. The van der Waals surface area contributed by atoms with E-state index in [1.807, 2.05) is 0 Å². The predicted molar refractivity (Wildman–Crippen MR) is 55.5 cm³/mol. The highest BCUT2D eigenvalue weighted by Gasteiger charge is 2.23. The van der Waals surface area contributed by atoms with Crippen molar-refractivity contribution in [2.45, 2.75) is 38.8 Å². The van der Waals surface area contributed by atoms with E-state index < -0.39 is 23.7 Å². The van der Waals surface area contributed by atoms with Crippen LogP contribution in [-0.2, 0) is 14.4 Å². The van der Waals surface area contributed by atoms with E-state index in [2.05, 4.69) is 10.2 Å². The topological polar surface area (TPSA) is 111 Å². The molecule has 0 fully saturated rings. The van der Waals surface area contributed by atoms with E-state index in [-0.39, 0.29) is 13.0 Å². The van der Waals surface area contributed by atoms with Crippen LogP contribution in [0.5, 0.6) is 0 Å². The van der Waals surface area contributed by atoms with Crippen molar-refractivity contribution in [3.05, 3.63) is 0 Å². The number of nitrogens with two attached hydrogens (primary N) is 1. The highest BCUT2D eigenvalue weighted by Crippen LogP contribution is 2.07. The van der Waals surface area contributed by atoms with Crippen LogP contribution in [-0.4, -0.2) is 35.4 Å². The Bertz CT molecular complexity index is 249. The molecule has 7 heteroatoms. The molecule has 0 rings (SSSR count). The summed E-state index contributed by atoms with van der Waals surface area (Å²) in [5.74, 6) is 3.61. The summed E-state index contributed by atoms with van der Waals surface area (Å²) in [5, 5.41) is 11.0. The van der Waals surface area contributed by atoms with Crippen LogP contribution in [0.2, 0.25) is 0 Å². The number of carboxylic acid groups (broad SMARTS) is 1. The normalized spacial score (nSPS) is 13.0. The lowest BCUT2D eigenvalue weighted by Gasteiger charge is -2.21. The Morgan fingerprint density at radius 2 is 2.00 bits per heavy atom. The molecular formula is C9H18N2O5. The molecule has 1 unspecified atom stereocenters. The van der Waals surface area contributed by atoms with Crippen LogP contribution in [0.3, 0.4) is 0 Å². The second kappa shape index (κ2) is 6.29. The number of nitrogens with one attached hydrogen (secondary N) is 1. The maximum atomic E-state index is 11.3. The molecule has 0 aliphatic carbocycles. The van der Waals surface area contributed by atoms with E-state index in [1.54, 1.807) is 20.8 Å². The predicted octanol–water partition coefficient (Wildman–Crippen LogP) is 0.245. The van der Waals surface area contributed by atoms with Crippen LogP contribution in [0.15, 0.2) is 0 Å². The SMILES string of the molecule is CC(C)(C)OC(=O)NC(CCON)C(=O)O. The Kier molecular flexibility index (Phi) is 5.76. The smallest absolute Gasteiger partial charge is 0.408 e. The third-order valence-electron chi connectivity index (χ3n) is 1.51. The first kappa shape index (κ1) is 14.7. The summed E-state index contributed by atoms with van der Waals surface area (Å²) >= 11 is 0. The highest BCUT2D eigenvalue weighted by atomic mass is 16.6. The molecule has 0 spiro atoms. The van der Waals surface area contributed by atoms with E-state index in [1.165, 1.54) is 0 Å². The summed E-state index contributed by atoms with van der Waals surface area (Å²) in [6.45, 7) is 5.09. The quantitative estimate of drug-likeness (QED) is 0.588. The van der Waals surface area contributed by atoms with Crippen molar-refractivity contribution in [1.29, 1.82) is 0 Å². The average molecular weight is 234 g/mol. The highest BCUT2D eigenvalue weighted by molar-refractivity contribution is 5.79. The first-order valence-corrected chi connectivity index (χ1v) is 4.80. The third-order valence-corrected chi connectivity index (χ3v) is 1.51. The summed E-state index contributed by atoms with van der Waals surface area (Å²) in [5.41, 5.74) is -0.669. The molecule has 0 heterocycles. The molecule has 0 saturated heterocycles. The van der Waals surface area contributed by atoms with Crippen molar-refractivity contribution in [1.82, 2.24) is 5.32 Å². The van der Waals surface area contributed by atoms with Crippen LogP contribution in [0, 0.1) is 0 Å². The number of rotatable bonds is 5. The summed E-state index contributed by atoms with van der Waals surface area (Å²) in [4.78, 5) is 26.3. The number of hydrogen-bond acceptors (Lipinski definition) is 5. The van der Waals surface area contributed by atoms with Crippen LogP contribution in [0.1, 0.15) is 27.2 Å². The molecule has 0 aromatic carbocycles. The van der Waals surface area contributed by atoms with E-state index in [0.717, 1.165) is 0 Å². The van der Waals surface area contributed by atoms with E-state index in [9.17, 15) is 9.59 Å². The standard InChI is InChI=1S/C9H18N2O5/c1-9(2,3)16-8(14)11-6(7(12)13)4-5-15-10/h6H,4-5,10H2,1-3H3,(H,11,14)(H,12,13). The molecule has 94 valence electrons. The van der Waals surface area contributed by atoms with Crippen LogP contribution in [0.25, 0.3) is 0 Å². The summed E-state index contributed by atoms with van der Waals surface area (Å²) in [7, 11) is 0. The fraction of sp³-hybridized carbons (Fsp3) is 0.778. The molecular weight excluding hydrogens is 216 g/mol. The zero-order valence-electron chi connectivity index (χ0n) is 9.65. The summed E-state index contributed by atoms with van der Waals surface area (Å²) in [6.07, 6.45) is -0.706. The number of hydrogen-bond donors (Lipinski definition) is 3. The van der Waals surface area contributed by atoms with Crippen molar-refractivity contribution in [2.75, 3.05) is 6.61 Å². The Balaban J connectivity index is 4.19. The molecule has 0 radical (unpaired) electrons. The molecule has 16 heavy (non-hydrogen) atoms. The van der Waals surface area contributed by atoms with Gasteiger partial charge in [0.2, 0.25) is 0 Å².